The van der Waals surface area contributed by atoms with E-state index in [9.17, 15) is 10.1 Å². The maximum Gasteiger partial charge on any atom is 0.337 e. The summed E-state index contributed by atoms with van der Waals surface area (Å²) in [4.78, 5) is 9.76. The minimum atomic E-state index is -0.690. The van der Waals surface area contributed by atoms with Crippen LogP contribution in [0.15, 0.2) is 17.3 Å². The highest BCUT2D eigenvalue weighted by atomic mass is 35.5. The quantitative estimate of drug-likeness (QED) is 0.468. The molecule has 1 aromatic rings. The van der Waals surface area contributed by atoms with Crippen molar-refractivity contribution < 1.29 is 19.1 Å². The second kappa shape index (κ2) is 6.11. The summed E-state index contributed by atoms with van der Waals surface area (Å²) < 4.78 is 15.4. The predicted octanol–water partition coefficient (Wildman–Crippen LogP) is 2.53. The van der Waals surface area contributed by atoms with Gasteiger partial charge in [0, 0.05) is 6.08 Å². The summed E-state index contributed by atoms with van der Waals surface area (Å²) in [6, 6.07) is 3.13. The molecule has 98 valence electrons. The van der Waals surface area contributed by atoms with Gasteiger partial charge in [0.15, 0.2) is 11.5 Å². The van der Waals surface area contributed by atoms with Crippen molar-refractivity contribution in [2.45, 2.75) is 0 Å². The van der Waals surface area contributed by atoms with Crippen LogP contribution in [0.5, 0.6) is 17.2 Å². The van der Waals surface area contributed by atoms with Crippen LogP contribution in [0.3, 0.4) is 0 Å². The number of hydrogen-bond donors (Lipinski definition) is 0. The van der Waals surface area contributed by atoms with Gasteiger partial charge in [0.25, 0.3) is 0 Å². The van der Waals surface area contributed by atoms with E-state index in [1.807, 2.05) is 0 Å². The van der Waals surface area contributed by atoms with Gasteiger partial charge in [-0.1, -0.05) is 0 Å². The first-order valence-electron chi connectivity index (χ1n) is 4.85. The van der Waals surface area contributed by atoms with Gasteiger partial charge < -0.3 is 14.2 Å². The monoisotopic (exact) mass is 273 g/mol. The van der Waals surface area contributed by atoms with E-state index in [0.717, 1.165) is 0 Å². The third kappa shape index (κ3) is 3.04. The molecule has 18 heavy (non-hydrogen) atoms. The van der Waals surface area contributed by atoms with E-state index in [4.69, 9.17) is 25.8 Å². The maximum absolute atomic E-state index is 10.5. The SMILES string of the molecule is COc1cc(/C=C(\Cl)[N+](=O)[O-])cc(OC)c1OC. The molecule has 0 aliphatic heterocycles. The molecule has 0 unspecified atom stereocenters. The van der Waals surface area contributed by atoms with Gasteiger partial charge in [-0.05, 0) is 29.3 Å². The molecule has 6 nitrogen and oxygen atoms in total. The first-order chi connectivity index (χ1) is 8.53. The van der Waals surface area contributed by atoms with Crippen LogP contribution in [0.25, 0.3) is 6.08 Å². The number of halogens is 1. The molecule has 1 aromatic carbocycles. The summed E-state index contributed by atoms with van der Waals surface area (Å²) in [6.45, 7) is 0. The van der Waals surface area contributed by atoms with Crippen LogP contribution in [0, 0.1) is 10.1 Å². The highest BCUT2D eigenvalue weighted by Gasteiger charge is 2.14. The van der Waals surface area contributed by atoms with Gasteiger partial charge in [-0.2, -0.15) is 0 Å². The van der Waals surface area contributed by atoms with Crippen molar-refractivity contribution in [1.82, 2.24) is 0 Å². The molecule has 0 aliphatic carbocycles. The molecule has 0 N–H and O–H groups in total. The smallest absolute Gasteiger partial charge is 0.337 e. The summed E-state index contributed by atoms with van der Waals surface area (Å²) in [5, 5.41) is 9.96. The van der Waals surface area contributed by atoms with Gasteiger partial charge in [0.2, 0.25) is 5.75 Å². The number of rotatable bonds is 5. The number of ether oxygens (including phenoxy) is 3. The van der Waals surface area contributed by atoms with Crippen molar-refractivity contribution in [2.24, 2.45) is 0 Å². The summed E-state index contributed by atoms with van der Waals surface area (Å²) in [6.07, 6.45) is 1.20. The predicted molar refractivity (Wildman–Crippen MR) is 66.9 cm³/mol. The zero-order valence-corrected chi connectivity index (χ0v) is 10.9. The average Bonchev–Trinajstić information content (AvgIpc) is 2.37. The van der Waals surface area contributed by atoms with Crippen molar-refractivity contribution in [3.63, 3.8) is 0 Å². The van der Waals surface area contributed by atoms with Gasteiger partial charge in [-0.25, -0.2) is 0 Å². The topological polar surface area (TPSA) is 70.8 Å². The second-order valence-corrected chi connectivity index (χ2v) is 3.57. The van der Waals surface area contributed by atoms with Crippen LogP contribution in [-0.2, 0) is 0 Å². The molecule has 0 atom stereocenters. The Balaban J connectivity index is 3.32. The van der Waals surface area contributed by atoms with Crippen LogP contribution in [0.2, 0.25) is 0 Å². The lowest BCUT2D eigenvalue weighted by molar-refractivity contribution is -0.410. The van der Waals surface area contributed by atoms with Crippen molar-refractivity contribution in [1.29, 1.82) is 0 Å². The van der Waals surface area contributed by atoms with Crippen LogP contribution < -0.4 is 14.2 Å². The van der Waals surface area contributed by atoms with E-state index in [-0.39, 0.29) is 0 Å². The molecule has 0 aromatic heterocycles. The number of nitro groups is 1. The minimum absolute atomic E-state index is 0.399. The lowest BCUT2D eigenvalue weighted by Crippen LogP contribution is -1.96. The summed E-state index contributed by atoms with van der Waals surface area (Å²) in [5.41, 5.74) is 0.478. The Kier molecular flexibility index (Phi) is 4.79. The Morgan fingerprint density at radius 1 is 1.22 bits per heavy atom. The lowest BCUT2D eigenvalue weighted by Gasteiger charge is -2.12. The Labute approximate surface area is 109 Å². The van der Waals surface area contributed by atoms with E-state index in [0.29, 0.717) is 22.8 Å². The van der Waals surface area contributed by atoms with E-state index >= 15 is 0 Å². The third-order valence-corrected chi connectivity index (χ3v) is 2.39. The molecule has 0 heterocycles. The molecule has 0 saturated heterocycles. The molecule has 0 spiro atoms. The van der Waals surface area contributed by atoms with Crippen molar-refractivity contribution in [3.05, 3.63) is 33.0 Å². The van der Waals surface area contributed by atoms with Crippen LogP contribution in [0.4, 0.5) is 0 Å². The van der Waals surface area contributed by atoms with Gasteiger partial charge in [0.05, 0.1) is 26.3 Å². The molecule has 1 rings (SSSR count). The maximum atomic E-state index is 10.5. The Morgan fingerprint density at radius 3 is 2.06 bits per heavy atom. The molecular formula is C11H12ClNO5. The van der Waals surface area contributed by atoms with Gasteiger partial charge in [-0.3, -0.25) is 10.1 Å². The standard InChI is InChI=1S/C11H12ClNO5/c1-16-8-4-7(6-10(12)13(14)15)5-9(17-2)11(8)18-3/h4-6H,1-3H3/b10-6+. The molecule has 0 amide bonds. The summed E-state index contributed by atoms with van der Waals surface area (Å²) >= 11 is 5.46. The summed E-state index contributed by atoms with van der Waals surface area (Å²) in [5.74, 6) is 1.21. The molecule has 0 radical (unpaired) electrons. The Bertz CT molecular complexity index is 461. The normalized spacial score (nSPS) is 11.0. The highest BCUT2D eigenvalue weighted by molar-refractivity contribution is 6.29. The van der Waals surface area contributed by atoms with Gasteiger partial charge in [0.1, 0.15) is 0 Å². The first-order valence-corrected chi connectivity index (χ1v) is 5.22. The van der Waals surface area contributed by atoms with Crippen molar-refractivity contribution in [3.8, 4) is 17.2 Å². The fourth-order valence-corrected chi connectivity index (χ4v) is 1.50. The highest BCUT2D eigenvalue weighted by Crippen LogP contribution is 2.38. The largest absolute Gasteiger partial charge is 0.493 e. The van der Waals surface area contributed by atoms with Crippen LogP contribution >= 0.6 is 11.6 Å². The van der Waals surface area contributed by atoms with Crippen LogP contribution in [-0.4, -0.2) is 26.3 Å². The van der Waals surface area contributed by atoms with Gasteiger partial charge >= 0.3 is 5.16 Å². The summed E-state index contributed by atoms with van der Waals surface area (Å²) in [7, 11) is 4.39. The van der Waals surface area contributed by atoms with E-state index < -0.39 is 10.1 Å². The molecule has 0 bridgehead atoms. The second-order valence-electron chi connectivity index (χ2n) is 3.18. The zero-order chi connectivity index (χ0) is 13.7. The first kappa shape index (κ1) is 14.1. The molecule has 0 aliphatic rings. The number of nitrogens with zero attached hydrogens (tertiary/aromatic N) is 1. The number of methoxy groups -OCH3 is 3. The van der Waals surface area contributed by atoms with Crippen molar-refractivity contribution in [2.75, 3.05) is 21.3 Å². The lowest BCUT2D eigenvalue weighted by atomic mass is 10.2. The molecular weight excluding hydrogens is 262 g/mol. The Morgan fingerprint density at radius 2 is 1.72 bits per heavy atom. The minimum Gasteiger partial charge on any atom is -0.493 e. The fraction of sp³-hybridized carbons (Fsp3) is 0.273. The van der Waals surface area contributed by atoms with Crippen LogP contribution in [0.1, 0.15) is 5.56 Å². The van der Waals surface area contributed by atoms with E-state index in [1.165, 1.54) is 27.4 Å². The fourth-order valence-electron chi connectivity index (χ4n) is 1.37. The average molecular weight is 274 g/mol. The van der Waals surface area contributed by atoms with E-state index in [2.05, 4.69) is 0 Å². The van der Waals surface area contributed by atoms with Gasteiger partial charge in [-0.15, -0.1) is 0 Å². The zero-order valence-electron chi connectivity index (χ0n) is 10.1. The number of benzene rings is 1. The molecule has 7 heteroatoms. The van der Waals surface area contributed by atoms with E-state index in [1.54, 1.807) is 12.1 Å². The Hall–Kier alpha value is -1.95. The molecule has 0 fully saturated rings. The molecule has 0 saturated carbocycles. The number of hydrogen-bond acceptors (Lipinski definition) is 5. The third-order valence-electron chi connectivity index (χ3n) is 2.15. The van der Waals surface area contributed by atoms with Crippen molar-refractivity contribution >= 4 is 17.7 Å².